The Morgan fingerprint density at radius 1 is 0.900 bits per heavy atom. The average Bonchev–Trinajstić information content (AvgIpc) is 1.91. The van der Waals surface area contributed by atoms with Crippen molar-refractivity contribution in [2.45, 2.75) is 0 Å². The molecule has 0 aliphatic carbocycles. The second-order valence-electron chi connectivity index (χ2n) is 0.682. The highest BCUT2D eigenvalue weighted by Gasteiger charge is 1.29. The summed E-state index contributed by atoms with van der Waals surface area (Å²) in [5, 5.41) is 13.8. The fraction of sp³-hybridized carbons (Fsp3) is 0. The molecule has 0 bridgehead atoms. The smallest absolute Gasteiger partial charge is 0.290 e. The van der Waals surface area contributed by atoms with E-state index in [4.69, 9.17) is 19.8 Å². The van der Waals surface area contributed by atoms with E-state index in [-0.39, 0.29) is 12.9 Å². The Hall–Kier alpha value is -1.58. The summed E-state index contributed by atoms with van der Waals surface area (Å²) < 4.78 is 0. The van der Waals surface area contributed by atoms with E-state index in [0.717, 1.165) is 0 Å². The predicted molar refractivity (Wildman–Crippen MR) is 37.8 cm³/mol. The summed E-state index contributed by atoms with van der Waals surface area (Å²) in [5.74, 6) is 0. The SMILES string of the molecule is C=CC=C.O=CO.O=CO. The quantitative estimate of drug-likeness (QED) is 0.423. The minimum atomic E-state index is -0.250. The molecule has 10 heavy (non-hydrogen) atoms. The molecule has 0 amide bonds. The van der Waals surface area contributed by atoms with Gasteiger partial charge in [-0.1, -0.05) is 25.3 Å². The zero-order valence-corrected chi connectivity index (χ0v) is 5.43. The molecule has 0 aliphatic heterocycles. The lowest BCUT2D eigenvalue weighted by Gasteiger charge is -1.44. The minimum absolute atomic E-state index is 0.250. The van der Waals surface area contributed by atoms with E-state index in [1.165, 1.54) is 0 Å². The summed E-state index contributed by atoms with van der Waals surface area (Å²) in [6, 6.07) is 0. The summed E-state index contributed by atoms with van der Waals surface area (Å²) >= 11 is 0. The molecule has 0 spiro atoms. The van der Waals surface area contributed by atoms with Gasteiger partial charge in [-0.2, -0.15) is 0 Å². The Morgan fingerprint density at radius 3 is 1.00 bits per heavy atom. The van der Waals surface area contributed by atoms with Crippen LogP contribution in [-0.4, -0.2) is 23.2 Å². The molecule has 0 aromatic rings. The van der Waals surface area contributed by atoms with Gasteiger partial charge in [0.15, 0.2) is 0 Å². The maximum atomic E-state index is 8.36. The number of carbonyl (C=O) groups is 2. The van der Waals surface area contributed by atoms with Crippen LogP contribution in [0.2, 0.25) is 0 Å². The summed E-state index contributed by atoms with van der Waals surface area (Å²) in [4.78, 5) is 16.7. The lowest BCUT2D eigenvalue weighted by molar-refractivity contribution is -0.123. The average molecular weight is 146 g/mol. The lowest BCUT2D eigenvalue weighted by atomic mass is 10.6. The van der Waals surface area contributed by atoms with Crippen LogP contribution in [0.1, 0.15) is 0 Å². The van der Waals surface area contributed by atoms with E-state index in [2.05, 4.69) is 13.2 Å². The first kappa shape index (κ1) is 15.8. The van der Waals surface area contributed by atoms with Gasteiger partial charge in [0, 0.05) is 0 Å². The zero-order valence-electron chi connectivity index (χ0n) is 5.43. The fourth-order valence-corrected chi connectivity index (χ4v) is 0. The molecule has 4 heteroatoms. The van der Waals surface area contributed by atoms with E-state index in [9.17, 15) is 0 Å². The lowest BCUT2D eigenvalue weighted by Crippen LogP contribution is -1.49. The molecule has 0 aromatic carbocycles. The van der Waals surface area contributed by atoms with Crippen LogP contribution in [0, 0.1) is 0 Å². The molecule has 0 rings (SSSR count). The molecule has 0 aliphatic rings. The third-order valence-corrected chi connectivity index (χ3v) is 0.167. The molecular formula is C6H10O4. The normalized spacial score (nSPS) is 4.40. The van der Waals surface area contributed by atoms with Crippen molar-refractivity contribution in [1.82, 2.24) is 0 Å². The summed E-state index contributed by atoms with van der Waals surface area (Å²) in [6.07, 6.45) is 3.28. The van der Waals surface area contributed by atoms with E-state index in [0.29, 0.717) is 0 Å². The van der Waals surface area contributed by atoms with E-state index < -0.39 is 0 Å². The Morgan fingerprint density at radius 2 is 1.00 bits per heavy atom. The Bertz CT molecular complexity index is 75.7. The van der Waals surface area contributed by atoms with Crippen LogP contribution >= 0.6 is 0 Å². The Labute approximate surface area is 59.1 Å². The first-order chi connectivity index (χ1) is 4.74. The molecule has 4 nitrogen and oxygen atoms in total. The second-order valence-corrected chi connectivity index (χ2v) is 0.682. The molecule has 0 saturated heterocycles. The van der Waals surface area contributed by atoms with Crippen LogP contribution in [-0.2, 0) is 9.59 Å². The van der Waals surface area contributed by atoms with Gasteiger partial charge in [-0.25, -0.2) is 0 Å². The molecule has 0 aromatic heterocycles. The van der Waals surface area contributed by atoms with Crippen molar-refractivity contribution in [3.05, 3.63) is 25.3 Å². The van der Waals surface area contributed by atoms with Crippen LogP contribution in [0.15, 0.2) is 25.3 Å². The van der Waals surface area contributed by atoms with E-state index >= 15 is 0 Å². The van der Waals surface area contributed by atoms with Crippen molar-refractivity contribution < 1.29 is 19.8 Å². The third-order valence-electron chi connectivity index (χ3n) is 0.167. The first-order valence-corrected chi connectivity index (χ1v) is 2.14. The Balaban J connectivity index is -0.0000000750. The molecule has 2 N–H and O–H groups in total. The van der Waals surface area contributed by atoms with Crippen molar-refractivity contribution in [3.8, 4) is 0 Å². The van der Waals surface area contributed by atoms with Gasteiger partial charge in [-0.15, -0.1) is 0 Å². The van der Waals surface area contributed by atoms with Gasteiger partial charge in [0.2, 0.25) is 0 Å². The Kier molecular flexibility index (Phi) is 82.4. The number of hydrogen-bond donors (Lipinski definition) is 2. The van der Waals surface area contributed by atoms with Gasteiger partial charge in [0.25, 0.3) is 12.9 Å². The van der Waals surface area contributed by atoms with Crippen molar-refractivity contribution in [2.75, 3.05) is 0 Å². The molecule has 0 atom stereocenters. The predicted octanol–water partition coefficient (Wildman–Crippen LogP) is 0.760. The topological polar surface area (TPSA) is 74.6 Å². The standard InChI is InChI=1S/C4H6.2CH2O2/c1-3-4-2;2*2-1-3/h3-4H,1-2H2;2*1H,(H,2,3). The van der Waals surface area contributed by atoms with Crippen LogP contribution in [0.25, 0.3) is 0 Å². The van der Waals surface area contributed by atoms with Crippen molar-refractivity contribution in [1.29, 1.82) is 0 Å². The molecule has 0 fully saturated rings. The third kappa shape index (κ3) is 561. The highest BCUT2D eigenvalue weighted by Crippen LogP contribution is 1.52. The number of carboxylic acid groups (broad SMARTS) is 2. The minimum Gasteiger partial charge on any atom is -0.483 e. The molecule has 0 unspecified atom stereocenters. The maximum Gasteiger partial charge on any atom is 0.290 e. The van der Waals surface area contributed by atoms with Crippen molar-refractivity contribution >= 4 is 12.9 Å². The van der Waals surface area contributed by atoms with Crippen molar-refractivity contribution in [2.24, 2.45) is 0 Å². The zero-order chi connectivity index (χ0) is 8.83. The summed E-state index contributed by atoms with van der Waals surface area (Å²) in [6.45, 7) is 6.22. The molecule has 0 radical (unpaired) electrons. The van der Waals surface area contributed by atoms with Gasteiger partial charge in [-0.3, -0.25) is 9.59 Å². The molecular weight excluding hydrogens is 136 g/mol. The van der Waals surface area contributed by atoms with Crippen LogP contribution in [0.5, 0.6) is 0 Å². The largest absolute Gasteiger partial charge is 0.483 e. The maximum absolute atomic E-state index is 8.36. The second kappa shape index (κ2) is 52.2. The number of hydrogen-bond acceptors (Lipinski definition) is 2. The monoisotopic (exact) mass is 146 g/mol. The first-order valence-electron chi connectivity index (χ1n) is 2.14. The van der Waals surface area contributed by atoms with Gasteiger partial charge >= 0.3 is 0 Å². The summed E-state index contributed by atoms with van der Waals surface area (Å²) in [7, 11) is 0. The van der Waals surface area contributed by atoms with Gasteiger partial charge in [0.1, 0.15) is 0 Å². The van der Waals surface area contributed by atoms with Crippen molar-refractivity contribution in [3.63, 3.8) is 0 Å². The molecule has 0 saturated carbocycles. The highest BCUT2D eigenvalue weighted by molar-refractivity contribution is 5.32. The fourth-order valence-electron chi connectivity index (χ4n) is 0. The van der Waals surface area contributed by atoms with Crippen LogP contribution in [0.4, 0.5) is 0 Å². The van der Waals surface area contributed by atoms with Gasteiger partial charge < -0.3 is 10.2 Å². The highest BCUT2D eigenvalue weighted by atomic mass is 16.3. The van der Waals surface area contributed by atoms with E-state index in [1.807, 2.05) is 0 Å². The van der Waals surface area contributed by atoms with Gasteiger partial charge in [0.05, 0.1) is 0 Å². The summed E-state index contributed by atoms with van der Waals surface area (Å²) in [5.41, 5.74) is 0. The number of rotatable bonds is 1. The van der Waals surface area contributed by atoms with Crippen LogP contribution < -0.4 is 0 Å². The van der Waals surface area contributed by atoms with E-state index in [1.54, 1.807) is 12.2 Å². The van der Waals surface area contributed by atoms with Gasteiger partial charge in [-0.05, 0) is 0 Å². The molecule has 0 heterocycles. The number of allylic oxidation sites excluding steroid dienone is 2. The molecule has 58 valence electrons. The van der Waals surface area contributed by atoms with Crippen LogP contribution in [0.3, 0.4) is 0 Å².